The van der Waals surface area contributed by atoms with Gasteiger partial charge in [0, 0.05) is 18.0 Å². The Morgan fingerprint density at radius 3 is 2.64 bits per heavy atom. The number of rotatable bonds is 7. The number of aromatic carboxylic acids is 1. The number of thiazole rings is 1. The summed E-state index contributed by atoms with van der Waals surface area (Å²) >= 11 is 1.13. The van der Waals surface area contributed by atoms with Crippen LogP contribution in [0.2, 0.25) is 0 Å². The van der Waals surface area contributed by atoms with E-state index in [1.807, 2.05) is 6.92 Å². The Morgan fingerprint density at radius 2 is 2.04 bits per heavy atom. The van der Waals surface area contributed by atoms with Crippen LogP contribution in [0.1, 0.15) is 40.6 Å². The quantitative estimate of drug-likeness (QED) is 0.816. The number of amides is 1. The summed E-state index contributed by atoms with van der Waals surface area (Å²) in [6, 6.07) is 4.82. The van der Waals surface area contributed by atoms with Crippen LogP contribution in [0.3, 0.4) is 0 Å². The summed E-state index contributed by atoms with van der Waals surface area (Å²) < 4.78 is 11.9. The Labute approximate surface area is 149 Å². The highest BCUT2D eigenvalue weighted by Gasteiger charge is 2.16. The van der Waals surface area contributed by atoms with Crippen molar-refractivity contribution in [3.8, 4) is 11.5 Å². The third-order valence-electron chi connectivity index (χ3n) is 3.59. The minimum atomic E-state index is -1.04. The van der Waals surface area contributed by atoms with Crippen LogP contribution in [0, 0.1) is 0 Å². The second-order valence-electron chi connectivity index (χ2n) is 5.20. The van der Waals surface area contributed by atoms with E-state index in [1.54, 1.807) is 22.8 Å². The largest absolute Gasteiger partial charge is 0.497 e. The first-order chi connectivity index (χ1) is 12.0. The first-order valence-corrected chi connectivity index (χ1v) is 8.62. The molecule has 25 heavy (non-hydrogen) atoms. The number of unbranched alkanes of at least 4 members (excludes halogenated alkanes) is 1. The van der Waals surface area contributed by atoms with Crippen molar-refractivity contribution in [3.05, 3.63) is 39.6 Å². The van der Waals surface area contributed by atoms with E-state index < -0.39 is 11.9 Å². The zero-order valence-corrected chi connectivity index (χ0v) is 15.1. The molecular formula is C17H20N2O5S. The van der Waals surface area contributed by atoms with Gasteiger partial charge in [0.25, 0.3) is 5.91 Å². The van der Waals surface area contributed by atoms with E-state index in [2.05, 4.69) is 4.99 Å². The molecule has 1 N–H and O–H groups in total. The predicted octanol–water partition coefficient (Wildman–Crippen LogP) is 2.81. The van der Waals surface area contributed by atoms with Crippen molar-refractivity contribution >= 4 is 23.2 Å². The third kappa shape index (κ3) is 4.27. The van der Waals surface area contributed by atoms with E-state index in [4.69, 9.17) is 9.47 Å². The predicted molar refractivity (Wildman–Crippen MR) is 93.6 cm³/mol. The summed E-state index contributed by atoms with van der Waals surface area (Å²) in [7, 11) is 2.98. The van der Waals surface area contributed by atoms with Crippen molar-refractivity contribution in [2.75, 3.05) is 14.2 Å². The summed E-state index contributed by atoms with van der Waals surface area (Å²) in [5.74, 6) is -0.620. The lowest BCUT2D eigenvalue weighted by Gasteiger charge is -2.08. The molecule has 7 nitrogen and oxygen atoms in total. The number of aromatic nitrogens is 1. The number of hydrogen-bond donors (Lipinski definition) is 1. The van der Waals surface area contributed by atoms with Crippen molar-refractivity contribution in [2.24, 2.45) is 4.99 Å². The van der Waals surface area contributed by atoms with E-state index in [1.165, 1.54) is 19.6 Å². The average Bonchev–Trinajstić information content (AvgIpc) is 3.01. The van der Waals surface area contributed by atoms with Crippen LogP contribution in [0.4, 0.5) is 0 Å². The molecule has 0 aliphatic heterocycles. The number of methoxy groups -OCH3 is 2. The lowest BCUT2D eigenvalue weighted by Crippen LogP contribution is -2.21. The number of carboxylic acids is 1. The number of benzene rings is 1. The Hall–Kier alpha value is -2.61. The summed E-state index contributed by atoms with van der Waals surface area (Å²) in [6.07, 6.45) is 1.70. The first kappa shape index (κ1) is 18.7. The Balaban J connectivity index is 2.46. The van der Waals surface area contributed by atoms with Gasteiger partial charge in [-0.15, -0.1) is 11.3 Å². The monoisotopic (exact) mass is 364 g/mol. The summed E-state index contributed by atoms with van der Waals surface area (Å²) in [6.45, 7) is 2.51. The molecule has 0 fully saturated rings. The second-order valence-corrected chi connectivity index (χ2v) is 6.03. The van der Waals surface area contributed by atoms with Crippen molar-refractivity contribution in [1.29, 1.82) is 0 Å². The molecule has 1 aromatic heterocycles. The highest BCUT2D eigenvalue weighted by atomic mass is 32.1. The van der Waals surface area contributed by atoms with Gasteiger partial charge in [-0.25, -0.2) is 4.79 Å². The second kappa shape index (κ2) is 8.48. The highest BCUT2D eigenvalue weighted by Crippen LogP contribution is 2.25. The molecule has 8 heteroatoms. The maximum absolute atomic E-state index is 12.6. The third-order valence-corrected chi connectivity index (χ3v) is 4.45. The minimum absolute atomic E-state index is 0.131. The molecule has 0 atom stereocenters. The van der Waals surface area contributed by atoms with Gasteiger partial charge in [-0.3, -0.25) is 4.79 Å². The van der Waals surface area contributed by atoms with Gasteiger partial charge in [0.2, 0.25) is 0 Å². The fraction of sp³-hybridized carbons (Fsp3) is 0.353. The lowest BCUT2D eigenvalue weighted by molar-refractivity contribution is 0.0683. The van der Waals surface area contributed by atoms with Crippen LogP contribution in [-0.4, -0.2) is 35.8 Å². The van der Waals surface area contributed by atoms with Gasteiger partial charge in [-0.05, 0) is 18.6 Å². The van der Waals surface area contributed by atoms with Gasteiger partial charge >= 0.3 is 5.97 Å². The van der Waals surface area contributed by atoms with Crippen LogP contribution >= 0.6 is 11.3 Å². The standard InChI is InChI=1S/C17H20N2O5S/c1-4-5-8-19-13(16(21)22)10-25-17(19)18-15(20)12-7-6-11(23-2)9-14(12)24-3/h6-7,9-10H,4-5,8H2,1-3H3,(H,21,22). The summed E-state index contributed by atoms with van der Waals surface area (Å²) in [5, 5.41) is 10.8. The molecule has 0 saturated carbocycles. The van der Waals surface area contributed by atoms with Crippen LogP contribution in [0.15, 0.2) is 28.6 Å². The normalized spacial score (nSPS) is 11.4. The van der Waals surface area contributed by atoms with Crippen LogP contribution in [0.25, 0.3) is 0 Å². The maximum Gasteiger partial charge on any atom is 0.353 e. The maximum atomic E-state index is 12.6. The first-order valence-electron chi connectivity index (χ1n) is 7.74. The van der Waals surface area contributed by atoms with E-state index in [9.17, 15) is 14.7 Å². The SMILES string of the molecule is CCCCn1c(C(=O)O)csc1=NC(=O)c1ccc(OC)cc1OC. The Morgan fingerprint density at radius 1 is 1.28 bits per heavy atom. The zero-order valence-electron chi connectivity index (χ0n) is 14.3. The van der Waals surface area contributed by atoms with Crippen molar-refractivity contribution in [1.82, 2.24) is 4.57 Å². The Kier molecular flexibility index (Phi) is 6.35. The van der Waals surface area contributed by atoms with Gasteiger partial charge in [0.05, 0.1) is 19.8 Å². The highest BCUT2D eigenvalue weighted by molar-refractivity contribution is 7.07. The molecule has 1 amide bonds. The number of carbonyl (C=O) groups is 2. The van der Waals surface area contributed by atoms with Crippen LogP contribution in [-0.2, 0) is 6.54 Å². The molecule has 134 valence electrons. The van der Waals surface area contributed by atoms with E-state index in [0.717, 1.165) is 24.2 Å². The Bertz CT molecular complexity index is 838. The van der Waals surface area contributed by atoms with Gasteiger partial charge in [0.1, 0.15) is 17.2 Å². The van der Waals surface area contributed by atoms with E-state index in [0.29, 0.717) is 22.8 Å². The number of carbonyl (C=O) groups excluding carboxylic acids is 1. The molecule has 0 bridgehead atoms. The molecule has 0 radical (unpaired) electrons. The molecule has 0 unspecified atom stereocenters. The molecular weight excluding hydrogens is 344 g/mol. The number of nitrogens with zero attached hydrogens (tertiary/aromatic N) is 2. The molecule has 1 heterocycles. The lowest BCUT2D eigenvalue weighted by atomic mass is 10.2. The van der Waals surface area contributed by atoms with Crippen molar-refractivity contribution < 1.29 is 24.2 Å². The van der Waals surface area contributed by atoms with Gasteiger partial charge in [0.15, 0.2) is 4.80 Å². The zero-order chi connectivity index (χ0) is 18.4. The van der Waals surface area contributed by atoms with E-state index in [-0.39, 0.29) is 11.3 Å². The van der Waals surface area contributed by atoms with E-state index >= 15 is 0 Å². The summed E-state index contributed by atoms with van der Waals surface area (Å²) in [4.78, 5) is 28.4. The van der Waals surface area contributed by atoms with Gasteiger partial charge in [-0.1, -0.05) is 13.3 Å². The molecule has 0 aliphatic carbocycles. The molecule has 2 aromatic rings. The smallest absolute Gasteiger partial charge is 0.353 e. The van der Waals surface area contributed by atoms with Gasteiger partial charge in [-0.2, -0.15) is 4.99 Å². The van der Waals surface area contributed by atoms with Crippen molar-refractivity contribution in [2.45, 2.75) is 26.3 Å². The molecule has 0 aliphatic rings. The average molecular weight is 364 g/mol. The van der Waals surface area contributed by atoms with Crippen LogP contribution < -0.4 is 14.3 Å². The number of ether oxygens (including phenoxy) is 2. The molecule has 2 rings (SSSR count). The molecule has 1 aromatic carbocycles. The molecule has 0 spiro atoms. The molecule has 0 saturated heterocycles. The number of carboxylic acid groups (broad SMARTS) is 1. The fourth-order valence-electron chi connectivity index (χ4n) is 2.25. The van der Waals surface area contributed by atoms with Crippen LogP contribution in [0.5, 0.6) is 11.5 Å². The fourth-order valence-corrected chi connectivity index (χ4v) is 3.14. The number of hydrogen-bond acceptors (Lipinski definition) is 5. The topological polar surface area (TPSA) is 90.1 Å². The minimum Gasteiger partial charge on any atom is -0.497 e. The van der Waals surface area contributed by atoms with Gasteiger partial charge < -0.3 is 19.1 Å². The summed E-state index contributed by atoms with van der Waals surface area (Å²) in [5.41, 5.74) is 0.419. The van der Waals surface area contributed by atoms with Crippen molar-refractivity contribution in [3.63, 3.8) is 0 Å².